The number of amides is 2. The van der Waals surface area contributed by atoms with Gasteiger partial charge in [0.05, 0.1) is 0 Å². The van der Waals surface area contributed by atoms with Crippen molar-refractivity contribution in [3.8, 4) is 11.6 Å². The summed E-state index contributed by atoms with van der Waals surface area (Å²) in [5.41, 5.74) is 1.22. The van der Waals surface area contributed by atoms with Crippen molar-refractivity contribution in [1.29, 1.82) is 0 Å². The van der Waals surface area contributed by atoms with Crippen LogP contribution in [0.15, 0.2) is 60.7 Å². The number of hydrogen-bond acceptors (Lipinski definition) is 6. The molecule has 0 saturated heterocycles. The number of rotatable bonds is 6. The number of carbonyl (C=O) groups excluding carboxylic acids is 2. The average molecular weight is 378 g/mol. The molecule has 0 spiro atoms. The van der Waals surface area contributed by atoms with Crippen molar-refractivity contribution in [2.24, 2.45) is 0 Å². The van der Waals surface area contributed by atoms with E-state index in [1.54, 1.807) is 0 Å². The molecule has 1 aromatic heterocycles. The van der Waals surface area contributed by atoms with E-state index in [0.29, 0.717) is 0 Å². The zero-order chi connectivity index (χ0) is 19.9. The molecule has 0 bridgehead atoms. The van der Waals surface area contributed by atoms with Gasteiger partial charge in [-0.25, -0.2) is 4.98 Å². The molecule has 0 radical (unpaired) electrons. The van der Waals surface area contributed by atoms with Crippen molar-refractivity contribution in [2.75, 3.05) is 0 Å². The molecule has 8 nitrogen and oxygen atoms in total. The number of carbonyl (C=O) groups is 2. The van der Waals surface area contributed by atoms with Crippen molar-refractivity contribution in [1.82, 2.24) is 20.6 Å². The van der Waals surface area contributed by atoms with Gasteiger partial charge in [-0.3, -0.25) is 9.59 Å². The minimum absolute atomic E-state index is 0.194. The molecule has 0 unspecified atom stereocenters. The van der Waals surface area contributed by atoms with Crippen LogP contribution in [0.5, 0.6) is 11.6 Å². The Labute approximate surface area is 160 Å². The predicted molar refractivity (Wildman–Crippen MR) is 101 cm³/mol. The lowest BCUT2D eigenvalue weighted by Crippen LogP contribution is -2.28. The third kappa shape index (κ3) is 4.61. The summed E-state index contributed by atoms with van der Waals surface area (Å²) in [6, 6.07) is 18.3. The first-order valence-electron chi connectivity index (χ1n) is 8.49. The highest BCUT2D eigenvalue weighted by atomic mass is 16.3. The quantitative estimate of drug-likeness (QED) is 0.518. The molecule has 0 aliphatic rings. The van der Waals surface area contributed by atoms with E-state index in [2.05, 4.69) is 20.6 Å². The first-order chi connectivity index (χ1) is 13.5. The van der Waals surface area contributed by atoms with Crippen LogP contribution in [0.1, 0.15) is 32.2 Å². The van der Waals surface area contributed by atoms with Gasteiger partial charge in [0.25, 0.3) is 17.7 Å². The normalized spacial score (nSPS) is 10.3. The van der Waals surface area contributed by atoms with Crippen LogP contribution in [0.4, 0.5) is 0 Å². The molecule has 0 aliphatic carbocycles. The second-order valence-electron chi connectivity index (χ2n) is 5.90. The van der Waals surface area contributed by atoms with Crippen LogP contribution in [0.2, 0.25) is 0 Å². The number of aromatic nitrogens is 2. The average Bonchev–Trinajstić information content (AvgIpc) is 2.73. The minimum atomic E-state index is -0.843. The standard InChI is InChI=1S/C20H18N4O4/c25-16-15(18(26)21-11-13-7-3-1-4-8-13)23-17(24-19(16)27)20(28)22-12-14-9-5-2-6-10-14/h1-10,25H,11-12H2,(H,21,26)(H,22,28)(H,23,24,27). The van der Waals surface area contributed by atoms with Crippen LogP contribution in [-0.4, -0.2) is 32.0 Å². The SMILES string of the molecule is O=C(NCc1ccccc1)c1nc(O)c(O)c(C(=O)NCc2ccccc2)n1. The lowest BCUT2D eigenvalue weighted by molar-refractivity contribution is 0.0933. The van der Waals surface area contributed by atoms with E-state index in [0.717, 1.165) is 11.1 Å². The fourth-order valence-corrected chi connectivity index (χ4v) is 2.42. The monoisotopic (exact) mass is 378 g/mol. The maximum Gasteiger partial charge on any atom is 0.289 e. The van der Waals surface area contributed by atoms with Crippen molar-refractivity contribution in [3.63, 3.8) is 0 Å². The van der Waals surface area contributed by atoms with Crippen molar-refractivity contribution < 1.29 is 19.8 Å². The molecule has 2 amide bonds. The Morgan fingerprint density at radius 3 is 1.79 bits per heavy atom. The topological polar surface area (TPSA) is 124 Å². The summed E-state index contributed by atoms with van der Waals surface area (Å²) >= 11 is 0. The van der Waals surface area contributed by atoms with E-state index in [1.807, 2.05) is 60.7 Å². The predicted octanol–water partition coefficient (Wildman–Crippen LogP) is 1.75. The highest BCUT2D eigenvalue weighted by Crippen LogP contribution is 2.25. The fourth-order valence-electron chi connectivity index (χ4n) is 2.42. The summed E-state index contributed by atoms with van der Waals surface area (Å²) in [7, 11) is 0. The minimum Gasteiger partial charge on any atom is -0.501 e. The largest absolute Gasteiger partial charge is 0.501 e. The van der Waals surface area contributed by atoms with Gasteiger partial charge in [0.15, 0.2) is 5.69 Å². The van der Waals surface area contributed by atoms with Gasteiger partial charge in [-0.05, 0) is 11.1 Å². The maximum atomic E-state index is 12.3. The van der Waals surface area contributed by atoms with Crippen LogP contribution in [0.25, 0.3) is 0 Å². The summed E-state index contributed by atoms with van der Waals surface area (Å²) in [6.45, 7) is 0.416. The first kappa shape index (κ1) is 18.8. The third-order valence-electron chi connectivity index (χ3n) is 3.88. The van der Waals surface area contributed by atoms with Gasteiger partial charge in [0.1, 0.15) is 0 Å². The van der Waals surface area contributed by atoms with Gasteiger partial charge in [0.2, 0.25) is 11.6 Å². The van der Waals surface area contributed by atoms with Gasteiger partial charge >= 0.3 is 0 Å². The smallest absolute Gasteiger partial charge is 0.289 e. The van der Waals surface area contributed by atoms with Gasteiger partial charge in [0, 0.05) is 13.1 Å². The second-order valence-corrected chi connectivity index (χ2v) is 5.90. The lowest BCUT2D eigenvalue weighted by Gasteiger charge is -2.09. The molecule has 0 atom stereocenters. The number of benzene rings is 2. The second kappa shape index (κ2) is 8.63. The molecule has 0 saturated carbocycles. The van der Waals surface area contributed by atoms with E-state index in [9.17, 15) is 19.8 Å². The van der Waals surface area contributed by atoms with E-state index in [1.165, 1.54) is 0 Å². The van der Waals surface area contributed by atoms with Crippen LogP contribution < -0.4 is 10.6 Å². The van der Waals surface area contributed by atoms with Crippen LogP contribution in [0.3, 0.4) is 0 Å². The molecule has 3 aromatic rings. The summed E-state index contributed by atoms with van der Waals surface area (Å²) in [5.74, 6) is -3.47. The Kier molecular flexibility index (Phi) is 5.81. The summed E-state index contributed by atoms with van der Waals surface area (Å²) in [5, 5.41) is 24.9. The zero-order valence-corrected chi connectivity index (χ0v) is 14.8. The Bertz CT molecular complexity index is 978. The molecular weight excluding hydrogens is 360 g/mol. The number of hydrogen-bond donors (Lipinski definition) is 4. The molecule has 142 valence electrons. The van der Waals surface area contributed by atoms with Crippen molar-refractivity contribution in [3.05, 3.63) is 83.3 Å². The molecule has 28 heavy (non-hydrogen) atoms. The molecule has 0 fully saturated rings. The molecule has 3 rings (SSSR count). The molecular formula is C20H18N4O4. The summed E-state index contributed by atoms with van der Waals surface area (Å²) < 4.78 is 0. The molecule has 8 heteroatoms. The zero-order valence-electron chi connectivity index (χ0n) is 14.8. The summed E-state index contributed by atoms with van der Waals surface area (Å²) in [6.07, 6.45) is 0. The van der Waals surface area contributed by atoms with Gasteiger partial charge in [-0.1, -0.05) is 60.7 Å². The van der Waals surface area contributed by atoms with E-state index in [4.69, 9.17) is 0 Å². The van der Waals surface area contributed by atoms with E-state index >= 15 is 0 Å². The highest BCUT2D eigenvalue weighted by molar-refractivity contribution is 5.97. The van der Waals surface area contributed by atoms with E-state index < -0.39 is 35.0 Å². The maximum absolute atomic E-state index is 12.3. The Hall–Kier alpha value is -3.94. The molecule has 1 heterocycles. The summed E-state index contributed by atoms with van der Waals surface area (Å²) in [4.78, 5) is 32.0. The fraction of sp³-hybridized carbons (Fsp3) is 0.100. The lowest BCUT2D eigenvalue weighted by atomic mass is 10.2. The first-order valence-corrected chi connectivity index (χ1v) is 8.49. The van der Waals surface area contributed by atoms with E-state index in [-0.39, 0.29) is 13.1 Å². The molecule has 2 aromatic carbocycles. The Balaban J connectivity index is 1.72. The number of nitrogens with zero attached hydrogens (tertiary/aromatic N) is 2. The third-order valence-corrected chi connectivity index (χ3v) is 3.88. The van der Waals surface area contributed by atoms with Crippen LogP contribution >= 0.6 is 0 Å². The highest BCUT2D eigenvalue weighted by Gasteiger charge is 2.22. The number of nitrogens with one attached hydrogen (secondary N) is 2. The number of aromatic hydroxyl groups is 2. The van der Waals surface area contributed by atoms with Crippen molar-refractivity contribution >= 4 is 11.8 Å². The molecule has 0 aliphatic heterocycles. The molecule has 4 N–H and O–H groups in total. The Morgan fingerprint density at radius 2 is 1.25 bits per heavy atom. The van der Waals surface area contributed by atoms with Crippen LogP contribution in [-0.2, 0) is 13.1 Å². The van der Waals surface area contributed by atoms with Crippen LogP contribution in [0, 0.1) is 0 Å². The van der Waals surface area contributed by atoms with Gasteiger partial charge in [-0.15, -0.1) is 0 Å². The van der Waals surface area contributed by atoms with Gasteiger partial charge < -0.3 is 20.8 Å². The van der Waals surface area contributed by atoms with Gasteiger partial charge in [-0.2, -0.15) is 4.98 Å². The Morgan fingerprint density at radius 1 is 0.750 bits per heavy atom. The van der Waals surface area contributed by atoms with Crippen molar-refractivity contribution in [2.45, 2.75) is 13.1 Å².